The first-order valence-electron chi connectivity index (χ1n) is 10.9. The molecule has 4 heterocycles. The number of nitrogens with zero attached hydrogens (tertiary/aromatic N) is 4. The second kappa shape index (κ2) is 10.1. The maximum absolute atomic E-state index is 14.4. The summed E-state index contributed by atoms with van der Waals surface area (Å²) in [6.07, 6.45) is 2.56. The summed E-state index contributed by atoms with van der Waals surface area (Å²) in [4.78, 5) is 23.8. The van der Waals surface area contributed by atoms with Crippen LogP contribution in [0.5, 0.6) is 0 Å². The van der Waals surface area contributed by atoms with E-state index in [0.717, 1.165) is 28.7 Å². The van der Waals surface area contributed by atoms with Crippen LogP contribution in [0.2, 0.25) is 4.34 Å². The smallest absolute Gasteiger partial charge is 0.252 e. The normalized spacial score (nSPS) is 16.9. The summed E-state index contributed by atoms with van der Waals surface area (Å²) in [6.45, 7) is 0.324. The summed E-state index contributed by atoms with van der Waals surface area (Å²) < 4.78 is 56.5. The standard InChI is InChI=1S/C23H19ClF2N4O3S3/c24-19-6-7-20(35-19)36(32,33)29-9-3-4-14(12-29)22(31)30(13-16-5-1-2-8-27-16)23-28-21-17(26)10-15(25)11-18(21)34-23/h1-2,5-8,10-11,14H,3-4,9,12-13H2. The van der Waals surface area contributed by atoms with Gasteiger partial charge in [0.1, 0.15) is 15.5 Å². The highest BCUT2D eigenvalue weighted by Gasteiger charge is 2.37. The van der Waals surface area contributed by atoms with E-state index in [1.165, 1.54) is 27.4 Å². The average Bonchev–Trinajstić information content (AvgIpc) is 3.50. The topological polar surface area (TPSA) is 83.5 Å². The second-order valence-corrected chi connectivity index (χ2v) is 13.1. The number of thiophene rings is 1. The van der Waals surface area contributed by atoms with E-state index in [9.17, 15) is 22.0 Å². The van der Waals surface area contributed by atoms with Crippen LogP contribution in [0.4, 0.5) is 13.9 Å². The number of aromatic nitrogens is 2. The van der Waals surface area contributed by atoms with Gasteiger partial charge in [-0.05, 0) is 43.2 Å². The molecule has 3 aromatic heterocycles. The van der Waals surface area contributed by atoms with Crippen LogP contribution in [0.3, 0.4) is 0 Å². The molecule has 13 heteroatoms. The van der Waals surface area contributed by atoms with Gasteiger partial charge >= 0.3 is 0 Å². The number of rotatable bonds is 6. The van der Waals surface area contributed by atoms with Crippen molar-refractivity contribution in [2.45, 2.75) is 23.6 Å². The number of piperidine rings is 1. The Morgan fingerprint density at radius 2 is 2.03 bits per heavy atom. The highest BCUT2D eigenvalue weighted by atomic mass is 35.5. The molecule has 0 bridgehead atoms. The number of amides is 1. The molecule has 1 saturated heterocycles. The first-order chi connectivity index (χ1) is 17.2. The van der Waals surface area contributed by atoms with Crippen molar-refractivity contribution in [1.29, 1.82) is 0 Å². The minimum absolute atomic E-state index is 0.0106. The van der Waals surface area contributed by atoms with Crippen molar-refractivity contribution in [2.75, 3.05) is 18.0 Å². The predicted molar refractivity (Wildman–Crippen MR) is 136 cm³/mol. The molecule has 7 nitrogen and oxygen atoms in total. The lowest BCUT2D eigenvalue weighted by molar-refractivity contribution is -0.123. The highest BCUT2D eigenvalue weighted by molar-refractivity contribution is 7.91. The Labute approximate surface area is 219 Å². The lowest BCUT2D eigenvalue weighted by Gasteiger charge is -2.33. The molecule has 4 aromatic rings. The summed E-state index contributed by atoms with van der Waals surface area (Å²) in [7, 11) is -3.81. The molecule has 0 spiro atoms. The summed E-state index contributed by atoms with van der Waals surface area (Å²) in [5.74, 6) is -2.56. The van der Waals surface area contributed by atoms with E-state index in [2.05, 4.69) is 9.97 Å². The van der Waals surface area contributed by atoms with Crippen molar-refractivity contribution in [3.8, 4) is 0 Å². The summed E-state index contributed by atoms with van der Waals surface area (Å²) in [5.41, 5.74) is 0.544. The Kier molecular flexibility index (Phi) is 7.05. The number of thiazole rings is 1. The fraction of sp³-hybridized carbons (Fsp3) is 0.261. The van der Waals surface area contributed by atoms with Crippen LogP contribution in [0.1, 0.15) is 18.5 Å². The number of hydrogen-bond acceptors (Lipinski definition) is 7. The largest absolute Gasteiger partial charge is 0.282 e. The molecule has 0 saturated carbocycles. The van der Waals surface area contributed by atoms with Gasteiger partial charge in [-0.3, -0.25) is 14.7 Å². The predicted octanol–water partition coefficient (Wildman–Crippen LogP) is 5.32. The van der Waals surface area contributed by atoms with Crippen molar-refractivity contribution in [3.05, 3.63) is 70.3 Å². The van der Waals surface area contributed by atoms with Crippen LogP contribution in [-0.2, 0) is 21.4 Å². The first kappa shape index (κ1) is 25.2. The lowest BCUT2D eigenvalue weighted by atomic mass is 9.98. The third-order valence-corrected chi connectivity index (χ3v) is 10.4. The van der Waals surface area contributed by atoms with Crippen LogP contribution < -0.4 is 4.90 Å². The monoisotopic (exact) mass is 568 g/mol. The summed E-state index contributed by atoms with van der Waals surface area (Å²) in [6, 6.07) is 10.2. The zero-order valence-electron chi connectivity index (χ0n) is 18.6. The fourth-order valence-corrected chi connectivity index (χ4v) is 8.27. The molecule has 1 aliphatic heterocycles. The van der Waals surface area contributed by atoms with E-state index in [0.29, 0.717) is 22.9 Å². The van der Waals surface area contributed by atoms with E-state index in [1.54, 1.807) is 24.4 Å². The molecule has 188 valence electrons. The molecule has 0 radical (unpaired) electrons. The molecule has 36 heavy (non-hydrogen) atoms. The van der Waals surface area contributed by atoms with Gasteiger partial charge in [0.05, 0.1) is 27.2 Å². The molecule has 0 N–H and O–H groups in total. The van der Waals surface area contributed by atoms with Crippen LogP contribution >= 0.6 is 34.3 Å². The Morgan fingerprint density at radius 3 is 2.75 bits per heavy atom. The maximum Gasteiger partial charge on any atom is 0.252 e. The summed E-state index contributed by atoms with van der Waals surface area (Å²) >= 11 is 7.90. The SMILES string of the molecule is O=C(C1CCCN(S(=O)(=O)c2ccc(Cl)s2)C1)N(Cc1ccccn1)c1nc2c(F)cc(F)cc2s1. The summed E-state index contributed by atoms with van der Waals surface area (Å²) in [5, 5.41) is 0.190. The second-order valence-electron chi connectivity index (χ2n) is 8.24. The number of fused-ring (bicyclic) bond motifs is 1. The highest BCUT2D eigenvalue weighted by Crippen LogP contribution is 2.35. The van der Waals surface area contributed by atoms with Crippen molar-refractivity contribution in [3.63, 3.8) is 0 Å². The van der Waals surface area contributed by atoms with Gasteiger partial charge in [-0.15, -0.1) is 11.3 Å². The molecule has 1 atom stereocenters. The van der Waals surface area contributed by atoms with Crippen LogP contribution in [-0.4, -0.2) is 41.7 Å². The van der Waals surface area contributed by atoms with Gasteiger partial charge in [0.15, 0.2) is 10.9 Å². The maximum atomic E-state index is 14.4. The molecule has 1 fully saturated rings. The van der Waals surface area contributed by atoms with Crippen LogP contribution in [0.15, 0.2) is 52.9 Å². The lowest BCUT2D eigenvalue weighted by Crippen LogP contribution is -2.46. The van der Waals surface area contributed by atoms with Crippen molar-refractivity contribution >= 4 is 65.6 Å². The zero-order valence-corrected chi connectivity index (χ0v) is 21.8. The number of anilines is 1. The average molecular weight is 569 g/mol. The zero-order chi connectivity index (χ0) is 25.4. The minimum Gasteiger partial charge on any atom is -0.282 e. The van der Waals surface area contributed by atoms with Crippen LogP contribution in [0, 0.1) is 17.6 Å². The number of pyridine rings is 1. The van der Waals surface area contributed by atoms with Crippen molar-refractivity contribution in [1.82, 2.24) is 14.3 Å². The molecule has 1 amide bonds. The van der Waals surface area contributed by atoms with E-state index in [-0.39, 0.29) is 45.1 Å². The van der Waals surface area contributed by atoms with Crippen LogP contribution in [0.25, 0.3) is 10.2 Å². The minimum atomic E-state index is -3.81. The van der Waals surface area contributed by atoms with Crippen molar-refractivity contribution in [2.24, 2.45) is 5.92 Å². The quantitative estimate of drug-likeness (QED) is 0.314. The number of carbonyl (C=O) groups excluding carboxylic acids is 1. The Morgan fingerprint density at radius 1 is 1.19 bits per heavy atom. The molecule has 5 rings (SSSR count). The number of halogens is 3. The van der Waals surface area contributed by atoms with Gasteiger partial charge in [-0.1, -0.05) is 29.0 Å². The van der Waals surface area contributed by atoms with Crippen molar-refractivity contribution < 1.29 is 22.0 Å². The van der Waals surface area contributed by atoms with E-state index < -0.39 is 27.6 Å². The van der Waals surface area contributed by atoms with Gasteiger partial charge in [-0.2, -0.15) is 4.31 Å². The number of carbonyl (C=O) groups is 1. The molecule has 0 aliphatic carbocycles. The molecular formula is C23H19ClF2N4O3S3. The van der Waals surface area contributed by atoms with Gasteiger partial charge in [-0.25, -0.2) is 22.2 Å². The third-order valence-electron chi connectivity index (χ3n) is 5.82. The van der Waals surface area contributed by atoms with E-state index in [4.69, 9.17) is 11.6 Å². The Bertz CT molecular complexity index is 1530. The number of benzene rings is 1. The van der Waals surface area contributed by atoms with E-state index >= 15 is 0 Å². The molecule has 1 aliphatic rings. The van der Waals surface area contributed by atoms with Gasteiger partial charge in [0, 0.05) is 25.4 Å². The Hall–Kier alpha value is -2.51. The first-order valence-corrected chi connectivity index (χ1v) is 14.4. The van der Waals surface area contributed by atoms with Gasteiger partial charge in [0.25, 0.3) is 10.0 Å². The van der Waals surface area contributed by atoms with E-state index in [1.807, 2.05) is 0 Å². The molecule has 1 unspecified atom stereocenters. The molecule has 1 aromatic carbocycles. The number of hydrogen-bond donors (Lipinski definition) is 0. The van der Waals surface area contributed by atoms with Gasteiger partial charge in [0.2, 0.25) is 5.91 Å². The fourth-order valence-electron chi connectivity index (χ4n) is 4.10. The number of sulfonamides is 1. The molecular weight excluding hydrogens is 550 g/mol. The Balaban J connectivity index is 1.47. The third kappa shape index (κ3) is 5.00. The van der Waals surface area contributed by atoms with Gasteiger partial charge < -0.3 is 0 Å².